The fourth-order valence-electron chi connectivity index (χ4n) is 1.43. The van der Waals surface area contributed by atoms with E-state index >= 15 is 0 Å². The van der Waals surface area contributed by atoms with Gasteiger partial charge in [-0.15, -0.1) is 11.3 Å². The molecule has 2 nitrogen and oxygen atoms in total. The molecule has 0 aliphatic heterocycles. The molecule has 1 aromatic rings. The molecular weight excluding hydrogens is 206 g/mol. The molecule has 0 aromatic carbocycles. The van der Waals surface area contributed by atoms with Gasteiger partial charge in [0, 0.05) is 24.1 Å². The third kappa shape index (κ3) is 5.30. The van der Waals surface area contributed by atoms with Crippen molar-refractivity contribution >= 4 is 11.3 Å². The van der Waals surface area contributed by atoms with E-state index in [2.05, 4.69) is 29.8 Å². The zero-order chi connectivity index (χ0) is 10.9. The van der Waals surface area contributed by atoms with Gasteiger partial charge in [0.15, 0.2) is 0 Å². The van der Waals surface area contributed by atoms with Crippen molar-refractivity contribution in [3.05, 3.63) is 22.4 Å². The fourth-order valence-corrected chi connectivity index (χ4v) is 2.19. The van der Waals surface area contributed by atoms with Crippen LogP contribution >= 0.6 is 11.3 Å². The van der Waals surface area contributed by atoms with Crippen LogP contribution in [0.2, 0.25) is 0 Å². The lowest BCUT2D eigenvalue weighted by Gasteiger charge is -2.11. The second kappa shape index (κ2) is 7.85. The fraction of sp³-hybridized carbons (Fsp3) is 0.667. The predicted octanol–water partition coefficient (Wildman–Crippen LogP) is 3.22. The lowest BCUT2D eigenvalue weighted by atomic mass is 10.2. The van der Waals surface area contributed by atoms with Crippen molar-refractivity contribution in [2.75, 3.05) is 19.8 Å². The van der Waals surface area contributed by atoms with Crippen molar-refractivity contribution in [2.24, 2.45) is 0 Å². The number of rotatable bonds is 8. The number of thiophene rings is 1. The van der Waals surface area contributed by atoms with Gasteiger partial charge in [-0.1, -0.05) is 6.07 Å². The summed E-state index contributed by atoms with van der Waals surface area (Å²) in [5, 5.41) is 5.64. The number of nitrogens with one attached hydrogen (secondary N) is 1. The van der Waals surface area contributed by atoms with Gasteiger partial charge in [-0.3, -0.25) is 0 Å². The van der Waals surface area contributed by atoms with Crippen LogP contribution < -0.4 is 5.32 Å². The van der Waals surface area contributed by atoms with Crippen LogP contribution in [-0.4, -0.2) is 19.8 Å². The average Bonchev–Trinajstić information content (AvgIpc) is 2.76. The summed E-state index contributed by atoms with van der Waals surface area (Å²) in [5.74, 6) is 0. The molecule has 0 fully saturated rings. The largest absolute Gasteiger partial charge is 0.382 e. The van der Waals surface area contributed by atoms with E-state index in [0.717, 1.165) is 26.2 Å². The molecule has 1 atom stereocenters. The van der Waals surface area contributed by atoms with Gasteiger partial charge >= 0.3 is 0 Å². The number of unbranched alkanes of at least 4 members (excludes halogenated alkanes) is 1. The first-order chi connectivity index (χ1) is 7.34. The molecule has 1 heterocycles. The second-order valence-electron chi connectivity index (χ2n) is 3.60. The maximum atomic E-state index is 5.29. The molecule has 0 bridgehead atoms. The summed E-state index contributed by atoms with van der Waals surface area (Å²) in [6, 6.07) is 4.77. The first-order valence-electron chi connectivity index (χ1n) is 5.69. The van der Waals surface area contributed by atoms with Crippen molar-refractivity contribution in [3.8, 4) is 0 Å². The van der Waals surface area contributed by atoms with E-state index in [-0.39, 0.29) is 0 Å². The standard InChI is InChI=1S/C12H21NOS/c1-3-14-9-5-4-8-13-11(2)12-7-6-10-15-12/h6-7,10-11,13H,3-5,8-9H2,1-2H3. The van der Waals surface area contributed by atoms with Crippen molar-refractivity contribution in [2.45, 2.75) is 32.7 Å². The van der Waals surface area contributed by atoms with Gasteiger partial charge in [0.2, 0.25) is 0 Å². The van der Waals surface area contributed by atoms with Crippen molar-refractivity contribution in [1.82, 2.24) is 5.32 Å². The minimum absolute atomic E-state index is 0.483. The molecule has 0 saturated carbocycles. The molecule has 0 spiro atoms. The van der Waals surface area contributed by atoms with Crippen molar-refractivity contribution < 1.29 is 4.74 Å². The highest BCUT2D eigenvalue weighted by Gasteiger charge is 2.03. The second-order valence-corrected chi connectivity index (χ2v) is 4.57. The number of hydrogen-bond acceptors (Lipinski definition) is 3. The molecular formula is C12H21NOS. The smallest absolute Gasteiger partial charge is 0.0466 e. The molecule has 3 heteroatoms. The van der Waals surface area contributed by atoms with E-state index in [1.54, 1.807) is 0 Å². The van der Waals surface area contributed by atoms with Gasteiger partial charge in [0.1, 0.15) is 0 Å². The highest BCUT2D eigenvalue weighted by molar-refractivity contribution is 7.10. The van der Waals surface area contributed by atoms with Gasteiger partial charge in [0.25, 0.3) is 0 Å². The van der Waals surface area contributed by atoms with E-state index in [9.17, 15) is 0 Å². The summed E-state index contributed by atoms with van der Waals surface area (Å²) < 4.78 is 5.29. The van der Waals surface area contributed by atoms with E-state index in [4.69, 9.17) is 4.74 Å². The Morgan fingerprint density at radius 2 is 2.33 bits per heavy atom. The summed E-state index contributed by atoms with van der Waals surface area (Å²) in [4.78, 5) is 1.42. The molecule has 86 valence electrons. The average molecular weight is 227 g/mol. The monoisotopic (exact) mass is 227 g/mol. The van der Waals surface area contributed by atoms with Gasteiger partial charge in [0.05, 0.1) is 0 Å². The summed E-state index contributed by atoms with van der Waals surface area (Å²) in [6.07, 6.45) is 2.34. The summed E-state index contributed by atoms with van der Waals surface area (Å²) in [5.41, 5.74) is 0. The Labute approximate surface area is 96.7 Å². The highest BCUT2D eigenvalue weighted by Crippen LogP contribution is 2.17. The van der Waals surface area contributed by atoms with Crippen molar-refractivity contribution in [1.29, 1.82) is 0 Å². The van der Waals surface area contributed by atoms with Gasteiger partial charge in [-0.25, -0.2) is 0 Å². The Hall–Kier alpha value is -0.380. The van der Waals surface area contributed by atoms with Crippen LogP contribution in [0.3, 0.4) is 0 Å². The maximum Gasteiger partial charge on any atom is 0.0466 e. The van der Waals surface area contributed by atoms with E-state index in [1.165, 1.54) is 11.3 Å². The zero-order valence-corrected chi connectivity index (χ0v) is 10.5. The Morgan fingerprint density at radius 3 is 3.00 bits per heavy atom. The van der Waals surface area contributed by atoms with Crippen LogP contribution in [0.5, 0.6) is 0 Å². The molecule has 15 heavy (non-hydrogen) atoms. The van der Waals surface area contributed by atoms with Gasteiger partial charge < -0.3 is 10.1 Å². The summed E-state index contributed by atoms with van der Waals surface area (Å²) in [7, 11) is 0. The lowest BCUT2D eigenvalue weighted by Crippen LogP contribution is -2.19. The number of ether oxygens (including phenoxy) is 1. The van der Waals surface area contributed by atoms with Crippen LogP contribution in [0.4, 0.5) is 0 Å². The van der Waals surface area contributed by atoms with Crippen LogP contribution in [0.15, 0.2) is 17.5 Å². The first-order valence-corrected chi connectivity index (χ1v) is 6.57. The van der Waals surface area contributed by atoms with Gasteiger partial charge in [-0.05, 0) is 44.7 Å². The van der Waals surface area contributed by atoms with E-state index in [1.807, 2.05) is 18.3 Å². The van der Waals surface area contributed by atoms with Crippen LogP contribution in [-0.2, 0) is 4.74 Å². The summed E-state index contributed by atoms with van der Waals surface area (Å²) >= 11 is 1.82. The molecule has 1 unspecified atom stereocenters. The molecule has 1 aromatic heterocycles. The highest BCUT2D eigenvalue weighted by atomic mass is 32.1. The molecule has 1 rings (SSSR count). The SMILES string of the molecule is CCOCCCCNC(C)c1cccs1. The zero-order valence-electron chi connectivity index (χ0n) is 9.66. The van der Waals surface area contributed by atoms with E-state index < -0.39 is 0 Å². The topological polar surface area (TPSA) is 21.3 Å². The minimum atomic E-state index is 0.483. The number of hydrogen-bond donors (Lipinski definition) is 1. The first kappa shape index (κ1) is 12.7. The lowest BCUT2D eigenvalue weighted by molar-refractivity contribution is 0.143. The van der Waals surface area contributed by atoms with Crippen LogP contribution in [0.25, 0.3) is 0 Å². The Balaban J connectivity index is 2.00. The maximum absolute atomic E-state index is 5.29. The minimum Gasteiger partial charge on any atom is -0.382 e. The quantitative estimate of drug-likeness (QED) is 0.689. The molecule has 0 aliphatic rings. The normalized spacial score (nSPS) is 12.9. The molecule has 0 saturated heterocycles. The van der Waals surface area contributed by atoms with Crippen molar-refractivity contribution in [3.63, 3.8) is 0 Å². The van der Waals surface area contributed by atoms with Crippen LogP contribution in [0, 0.1) is 0 Å². The molecule has 0 radical (unpaired) electrons. The summed E-state index contributed by atoms with van der Waals surface area (Å²) in [6.45, 7) is 7.06. The molecule has 1 N–H and O–H groups in total. The molecule has 0 aliphatic carbocycles. The Morgan fingerprint density at radius 1 is 1.47 bits per heavy atom. The Kier molecular flexibility index (Phi) is 6.64. The van der Waals surface area contributed by atoms with Crippen LogP contribution in [0.1, 0.15) is 37.6 Å². The Bertz CT molecular complexity index is 236. The predicted molar refractivity (Wildman–Crippen MR) is 66.5 cm³/mol. The molecule has 0 amide bonds. The third-order valence-electron chi connectivity index (χ3n) is 2.34. The van der Waals surface area contributed by atoms with Gasteiger partial charge in [-0.2, -0.15) is 0 Å². The third-order valence-corrected chi connectivity index (χ3v) is 3.40. The van der Waals surface area contributed by atoms with E-state index in [0.29, 0.717) is 6.04 Å².